The second-order valence-electron chi connectivity index (χ2n) is 5.72. The smallest absolute Gasteiger partial charge is 0.262 e. The molecule has 0 saturated heterocycles. The van der Waals surface area contributed by atoms with Crippen molar-refractivity contribution in [3.63, 3.8) is 0 Å². The zero-order chi connectivity index (χ0) is 16.4. The average molecular weight is 327 g/mol. The Morgan fingerprint density at radius 3 is 2.83 bits per heavy atom. The molecule has 0 atom stereocenters. The molecule has 6 nitrogen and oxygen atoms in total. The lowest BCUT2D eigenvalue weighted by Gasteiger charge is -2.12. The van der Waals surface area contributed by atoms with Gasteiger partial charge in [0.15, 0.2) is 5.16 Å². The fourth-order valence-corrected chi connectivity index (χ4v) is 3.11. The van der Waals surface area contributed by atoms with Crippen molar-refractivity contribution in [3.05, 3.63) is 34.6 Å². The van der Waals surface area contributed by atoms with Crippen LogP contribution in [0.3, 0.4) is 0 Å². The summed E-state index contributed by atoms with van der Waals surface area (Å²) >= 11 is 1.32. The molecule has 23 heavy (non-hydrogen) atoms. The lowest BCUT2D eigenvalue weighted by molar-refractivity contribution is 0.512. The third kappa shape index (κ3) is 2.82. The first kappa shape index (κ1) is 15.6. The molecule has 2 aromatic heterocycles. The zero-order valence-electron chi connectivity index (χ0n) is 13.1. The molecule has 0 saturated carbocycles. The molecule has 1 aromatic carbocycles. The molecule has 0 aliphatic rings. The highest BCUT2D eigenvalue weighted by molar-refractivity contribution is 7.99. The molecule has 2 heterocycles. The Labute approximate surface area is 137 Å². The first-order valence-electron chi connectivity index (χ1n) is 7.50. The molecular weight excluding hydrogens is 310 g/mol. The molecule has 3 rings (SSSR count). The lowest BCUT2D eigenvalue weighted by Crippen LogP contribution is -2.24. The maximum atomic E-state index is 12.8. The number of nitrogens with zero attached hydrogens (tertiary/aromatic N) is 5. The van der Waals surface area contributed by atoms with E-state index in [-0.39, 0.29) is 5.56 Å². The Morgan fingerprint density at radius 2 is 2.09 bits per heavy atom. The van der Waals surface area contributed by atoms with Crippen molar-refractivity contribution in [3.8, 4) is 6.07 Å². The number of nitriles is 1. The molecule has 0 bridgehead atoms. The van der Waals surface area contributed by atoms with Gasteiger partial charge in [0, 0.05) is 6.54 Å². The van der Waals surface area contributed by atoms with Crippen LogP contribution in [-0.4, -0.2) is 24.9 Å². The van der Waals surface area contributed by atoms with Crippen LogP contribution < -0.4 is 5.56 Å². The zero-order valence-corrected chi connectivity index (χ0v) is 13.9. The largest absolute Gasteiger partial charge is 0.276 e. The topological polar surface area (TPSA) is 76.0 Å². The number of fused-ring (bicyclic) bond motifs is 3. The predicted molar refractivity (Wildman–Crippen MR) is 90.5 cm³/mol. The van der Waals surface area contributed by atoms with E-state index in [1.165, 1.54) is 11.8 Å². The standard InChI is InChI=1S/C16H17N5OS/c1-11(2)7-9-20-14(22)12-5-3-4-6-13(12)21-15(20)18-19-16(21)23-10-8-17/h3-6,11H,7,9-10H2,1-2H3. The minimum absolute atomic E-state index is 0.0435. The Morgan fingerprint density at radius 1 is 1.30 bits per heavy atom. The van der Waals surface area contributed by atoms with Crippen LogP contribution in [0.4, 0.5) is 0 Å². The van der Waals surface area contributed by atoms with Crippen LogP contribution in [0.5, 0.6) is 0 Å². The van der Waals surface area contributed by atoms with Crippen LogP contribution in [0.25, 0.3) is 16.7 Å². The summed E-state index contributed by atoms with van der Waals surface area (Å²) < 4.78 is 3.56. The molecule has 0 spiro atoms. The fraction of sp³-hybridized carbons (Fsp3) is 0.375. The molecule has 0 unspecified atom stereocenters. The third-order valence-electron chi connectivity index (χ3n) is 3.67. The van der Waals surface area contributed by atoms with E-state index in [0.29, 0.717) is 34.5 Å². The van der Waals surface area contributed by atoms with E-state index in [4.69, 9.17) is 5.26 Å². The quantitative estimate of drug-likeness (QED) is 0.673. The first-order chi connectivity index (χ1) is 11.1. The second kappa shape index (κ2) is 6.42. The summed E-state index contributed by atoms with van der Waals surface area (Å²) in [6.45, 7) is 4.86. The molecule has 0 radical (unpaired) electrons. The number of aromatic nitrogens is 4. The van der Waals surface area contributed by atoms with Gasteiger partial charge in [0.05, 0.1) is 22.7 Å². The molecular formula is C16H17N5OS. The molecule has 0 aliphatic carbocycles. The fourth-order valence-electron chi connectivity index (χ4n) is 2.51. The van der Waals surface area contributed by atoms with E-state index in [9.17, 15) is 4.79 Å². The van der Waals surface area contributed by atoms with E-state index in [1.807, 2.05) is 28.7 Å². The molecule has 118 valence electrons. The lowest BCUT2D eigenvalue weighted by atomic mass is 10.1. The number of hydrogen-bond acceptors (Lipinski definition) is 5. The highest BCUT2D eigenvalue weighted by Crippen LogP contribution is 2.21. The number of para-hydroxylation sites is 1. The van der Waals surface area contributed by atoms with Crippen LogP contribution in [-0.2, 0) is 6.54 Å². The van der Waals surface area contributed by atoms with Crippen molar-refractivity contribution in [1.29, 1.82) is 5.26 Å². The van der Waals surface area contributed by atoms with Crippen molar-refractivity contribution in [2.45, 2.75) is 32.0 Å². The van der Waals surface area contributed by atoms with Crippen LogP contribution in [0.2, 0.25) is 0 Å². The summed E-state index contributed by atoms with van der Waals surface area (Å²) in [5.74, 6) is 1.32. The molecule has 7 heteroatoms. The van der Waals surface area contributed by atoms with E-state index >= 15 is 0 Å². The Hall–Kier alpha value is -2.33. The second-order valence-corrected chi connectivity index (χ2v) is 6.66. The van der Waals surface area contributed by atoms with Gasteiger partial charge in [0.25, 0.3) is 5.56 Å². The third-order valence-corrected chi connectivity index (χ3v) is 4.47. The van der Waals surface area contributed by atoms with Crippen molar-refractivity contribution < 1.29 is 0 Å². The van der Waals surface area contributed by atoms with Gasteiger partial charge >= 0.3 is 0 Å². The summed E-state index contributed by atoms with van der Waals surface area (Å²) in [6, 6.07) is 9.55. The minimum atomic E-state index is -0.0435. The van der Waals surface area contributed by atoms with Gasteiger partial charge in [-0.2, -0.15) is 5.26 Å². The Balaban J connectivity index is 2.29. The van der Waals surface area contributed by atoms with Crippen molar-refractivity contribution in [1.82, 2.24) is 19.2 Å². The van der Waals surface area contributed by atoms with Gasteiger partial charge < -0.3 is 0 Å². The van der Waals surface area contributed by atoms with Gasteiger partial charge in [-0.25, -0.2) is 0 Å². The average Bonchev–Trinajstić information content (AvgIpc) is 2.96. The summed E-state index contributed by atoms with van der Waals surface area (Å²) in [5, 5.41) is 18.5. The van der Waals surface area contributed by atoms with Gasteiger partial charge in [-0.3, -0.25) is 13.8 Å². The number of aryl methyl sites for hydroxylation is 1. The summed E-state index contributed by atoms with van der Waals surface area (Å²) in [7, 11) is 0. The van der Waals surface area contributed by atoms with E-state index in [0.717, 1.165) is 11.9 Å². The van der Waals surface area contributed by atoms with E-state index in [1.54, 1.807) is 4.57 Å². The van der Waals surface area contributed by atoms with Crippen LogP contribution in [0.15, 0.2) is 34.2 Å². The van der Waals surface area contributed by atoms with Crippen LogP contribution in [0.1, 0.15) is 20.3 Å². The molecule has 0 aliphatic heterocycles. The van der Waals surface area contributed by atoms with Crippen molar-refractivity contribution >= 4 is 28.4 Å². The van der Waals surface area contributed by atoms with Crippen LogP contribution >= 0.6 is 11.8 Å². The summed E-state index contributed by atoms with van der Waals surface area (Å²) in [6.07, 6.45) is 0.890. The Bertz CT molecular complexity index is 951. The number of rotatable bonds is 5. The number of hydrogen-bond donors (Lipinski definition) is 0. The van der Waals surface area contributed by atoms with Crippen molar-refractivity contribution in [2.75, 3.05) is 5.75 Å². The molecule has 3 aromatic rings. The normalized spacial score (nSPS) is 11.4. The number of thioether (sulfide) groups is 1. The summed E-state index contributed by atoms with van der Waals surface area (Å²) in [4.78, 5) is 12.8. The minimum Gasteiger partial charge on any atom is -0.276 e. The monoisotopic (exact) mass is 327 g/mol. The predicted octanol–water partition coefficient (Wildman–Crippen LogP) is 2.71. The molecule has 0 N–H and O–H groups in total. The maximum absolute atomic E-state index is 12.8. The van der Waals surface area contributed by atoms with Gasteiger partial charge in [-0.1, -0.05) is 37.7 Å². The SMILES string of the molecule is CC(C)CCn1c(=O)c2ccccc2n2c(SCC#N)nnc12. The van der Waals surface area contributed by atoms with Gasteiger partial charge in [-0.05, 0) is 24.5 Å². The van der Waals surface area contributed by atoms with Gasteiger partial charge in [0.1, 0.15) is 0 Å². The Kier molecular flexibility index (Phi) is 4.35. The first-order valence-corrected chi connectivity index (χ1v) is 8.48. The van der Waals surface area contributed by atoms with Crippen molar-refractivity contribution in [2.24, 2.45) is 5.92 Å². The maximum Gasteiger partial charge on any atom is 0.262 e. The molecule has 0 fully saturated rings. The highest BCUT2D eigenvalue weighted by Gasteiger charge is 2.16. The number of benzene rings is 1. The van der Waals surface area contributed by atoms with E-state index < -0.39 is 0 Å². The van der Waals surface area contributed by atoms with Gasteiger partial charge in [0.2, 0.25) is 5.78 Å². The molecule has 0 amide bonds. The van der Waals surface area contributed by atoms with E-state index in [2.05, 4.69) is 30.1 Å². The van der Waals surface area contributed by atoms with Gasteiger partial charge in [-0.15, -0.1) is 10.2 Å². The van der Waals surface area contributed by atoms with Crippen LogP contribution in [0, 0.1) is 17.2 Å². The highest BCUT2D eigenvalue weighted by atomic mass is 32.2. The summed E-state index contributed by atoms with van der Waals surface area (Å²) in [5.41, 5.74) is 0.733.